The van der Waals surface area contributed by atoms with Gasteiger partial charge in [0.2, 0.25) is 0 Å². The molecule has 0 radical (unpaired) electrons. The van der Waals surface area contributed by atoms with E-state index in [-0.39, 0.29) is 0 Å². The lowest BCUT2D eigenvalue weighted by molar-refractivity contribution is 1.28. The SMILES string of the molecule is CC.CC.CC.CC.CC.CC.c1ccc(-c2c3ccccc3c(Cc3c4ccccc4c(-c4ccccc4)c4ccccc34)c3ccccc23)cc1. The second kappa shape index (κ2) is 24.1. The highest BCUT2D eigenvalue weighted by atomic mass is 14.2. The highest BCUT2D eigenvalue weighted by Gasteiger charge is 2.19. The first-order chi connectivity index (χ1) is 26.4. The Kier molecular flexibility index (Phi) is 20.0. The maximum absolute atomic E-state index is 2.31. The van der Waals surface area contributed by atoms with Crippen molar-refractivity contribution < 1.29 is 0 Å². The Hall–Kier alpha value is -5.20. The van der Waals surface area contributed by atoms with Gasteiger partial charge < -0.3 is 0 Å². The summed E-state index contributed by atoms with van der Waals surface area (Å²) in [6.45, 7) is 24.0. The van der Waals surface area contributed by atoms with E-state index in [1.54, 1.807) is 0 Å². The quantitative estimate of drug-likeness (QED) is 0.160. The van der Waals surface area contributed by atoms with Crippen molar-refractivity contribution in [3.8, 4) is 22.3 Å². The van der Waals surface area contributed by atoms with Gasteiger partial charge in [0.25, 0.3) is 0 Å². The van der Waals surface area contributed by atoms with Crippen LogP contribution in [-0.4, -0.2) is 0 Å². The van der Waals surface area contributed by atoms with Crippen LogP contribution in [0, 0.1) is 0 Å². The summed E-state index contributed by atoms with van der Waals surface area (Å²) in [6.07, 6.45) is 0.853. The highest BCUT2D eigenvalue weighted by molar-refractivity contribution is 6.18. The minimum Gasteiger partial charge on any atom is -0.0683 e. The van der Waals surface area contributed by atoms with Gasteiger partial charge in [0.15, 0.2) is 0 Å². The van der Waals surface area contributed by atoms with E-state index in [1.807, 2.05) is 83.1 Å². The van der Waals surface area contributed by atoms with E-state index < -0.39 is 0 Å². The summed E-state index contributed by atoms with van der Waals surface area (Å²) in [5.74, 6) is 0. The van der Waals surface area contributed by atoms with Crippen molar-refractivity contribution in [2.75, 3.05) is 0 Å². The summed E-state index contributed by atoms with van der Waals surface area (Å²) in [5.41, 5.74) is 7.92. The Morgan fingerprint density at radius 2 is 0.415 bits per heavy atom. The first-order valence-electron chi connectivity index (χ1n) is 20.3. The molecule has 0 aliphatic heterocycles. The van der Waals surface area contributed by atoms with Crippen molar-refractivity contribution in [3.63, 3.8) is 0 Å². The zero-order valence-corrected chi connectivity index (χ0v) is 34.7. The van der Waals surface area contributed by atoms with Crippen molar-refractivity contribution in [1.29, 1.82) is 0 Å². The predicted molar refractivity (Wildman–Crippen MR) is 245 cm³/mol. The molecule has 276 valence electrons. The van der Waals surface area contributed by atoms with E-state index >= 15 is 0 Å². The molecule has 0 spiro atoms. The summed E-state index contributed by atoms with van der Waals surface area (Å²) < 4.78 is 0. The maximum Gasteiger partial charge on any atom is -0.000110 e. The Balaban J connectivity index is 0.000000741. The zero-order chi connectivity index (χ0) is 39.2. The molecule has 0 aromatic heterocycles. The van der Waals surface area contributed by atoms with Gasteiger partial charge in [-0.1, -0.05) is 241 Å². The average molecular weight is 701 g/mol. The number of hydrogen-bond donors (Lipinski definition) is 0. The molecule has 8 aromatic carbocycles. The van der Waals surface area contributed by atoms with Crippen molar-refractivity contribution >= 4 is 43.1 Å². The smallest absolute Gasteiger partial charge is 0.000110 e. The van der Waals surface area contributed by atoms with Crippen molar-refractivity contribution in [2.24, 2.45) is 0 Å². The third-order valence-electron chi connectivity index (χ3n) is 8.56. The molecule has 0 fully saturated rings. The van der Waals surface area contributed by atoms with Crippen molar-refractivity contribution in [1.82, 2.24) is 0 Å². The molecule has 0 N–H and O–H groups in total. The van der Waals surface area contributed by atoms with Crippen LogP contribution in [0.2, 0.25) is 0 Å². The fourth-order valence-corrected chi connectivity index (χ4v) is 6.83. The Labute approximate surface area is 322 Å². The van der Waals surface area contributed by atoms with E-state index in [1.165, 1.54) is 76.5 Å². The van der Waals surface area contributed by atoms with Crippen LogP contribution in [0.4, 0.5) is 0 Å². The van der Waals surface area contributed by atoms with Gasteiger partial charge in [0, 0.05) is 0 Å². The molecule has 0 atom stereocenters. The summed E-state index contributed by atoms with van der Waals surface area (Å²) in [6, 6.07) is 57.5. The lowest BCUT2D eigenvalue weighted by Crippen LogP contribution is -1.98. The van der Waals surface area contributed by atoms with Gasteiger partial charge >= 0.3 is 0 Å². The molecular formula is C53H64. The molecule has 8 aromatic rings. The van der Waals surface area contributed by atoms with Crippen LogP contribution in [0.5, 0.6) is 0 Å². The normalized spacial score (nSPS) is 9.58. The number of rotatable bonds is 4. The molecule has 8 rings (SSSR count). The van der Waals surface area contributed by atoms with Gasteiger partial charge in [-0.3, -0.25) is 0 Å². The zero-order valence-electron chi connectivity index (χ0n) is 34.7. The summed E-state index contributed by atoms with van der Waals surface area (Å²) in [7, 11) is 0. The van der Waals surface area contributed by atoms with E-state index in [0.717, 1.165) is 6.42 Å². The van der Waals surface area contributed by atoms with E-state index in [0.29, 0.717) is 0 Å². The third-order valence-corrected chi connectivity index (χ3v) is 8.56. The molecule has 0 unspecified atom stereocenters. The molecule has 0 heterocycles. The average Bonchev–Trinajstić information content (AvgIpc) is 3.28. The predicted octanol–water partition coefficient (Wildman–Crippen LogP) is 17.4. The highest BCUT2D eigenvalue weighted by Crippen LogP contribution is 2.44. The molecular weight excluding hydrogens is 637 g/mol. The van der Waals surface area contributed by atoms with Crippen LogP contribution in [0.3, 0.4) is 0 Å². The monoisotopic (exact) mass is 701 g/mol. The molecule has 0 saturated carbocycles. The van der Waals surface area contributed by atoms with Crippen LogP contribution in [0.25, 0.3) is 65.3 Å². The molecule has 0 aliphatic carbocycles. The molecule has 0 nitrogen and oxygen atoms in total. The Bertz CT molecular complexity index is 1930. The summed E-state index contributed by atoms with van der Waals surface area (Å²) >= 11 is 0. The van der Waals surface area contributed by atoms with E-state index in [9.17, 15) is 0 Å². The van der Waals surface area contributed by atoms with E-state index in [2.05, 4.69) is 158 Å². The maximum atomic E-state index is 2.31. The van der Waals surface area contributed by atoms with E-state index in [4.69, 9.17) is 0 Å². The molecule has 0 bridgehead atoms. The minimum atomic E-state index is 0.853. The standard InChI is InChI=1S/C41H28.6C2H6/c1-3-15-28(16-4-1)40-34-23-11-7-19-30(34)38(31-20-8-12-24-35(31)40)27-39-32-21-9-13-25-36(32)41(29-17-5-2-6-18-29)37-26-14-10-22-33(37)39;6*1-2/h1-26H,27H2;6*1-2H3. The lowest BCUT2D eigenvalue weighted by Gasteiger charge is -2.20. The largest absolute Gasteiger partial charge is 0.0683 e. The van der Waals surface area contributed by atoms with Crippen LogP contribution < -0.4 is 0 Å². The van der Waals surface area contributed by atoms with Crippen LogP contribution >= 0.6 is 0 Å². The molecule has 53 heavy (non-hydrogen) atoms. The van der Waals surface area contributed by atoms with Crippen LogP contribution in [0.1, 0.15) is 94.2 Å². The molecule has 0 aliphatic rings. The number of hydrogen-bond acceptors (Lipinski definition) is 0. The Morgan fingerprint density at radius 1 is 0.226 bits per heavy atom. The van der Waals surface area contributed by atoms with Crippen molar-refractivity contribution in [2.45, 2.75) is 89.5 Å². The minimum absolute atomic E-state index is 0.853. The lowest BCUT2D eigenvalue weighted by atomic mass is 9.83. The van der Waals surface area contributed by atoms with Crippen LogP contribution in [-0.2, 0) is 6.42 Å². The van der Waals surface area contributed by atoms with Gasteiger partial charge in [-0.05, 0) is 82.9 Å². The molecule has 0 saturated heterocycles. The molecule has 0 amide bonds. The van der Waals surface area contributed by atoms with Gasteiger partial charge in [-0.15, -0.1) is 0 Å². The van der Waals surface area contributed by atoms with Gasteiger partial charge in [0.1, 0.15) is 0 Å². The Morgan fingerprint density at radius 3 is 0.642 bits per heavy atom. The second-order valence-corrected chi connectivity index (χ2v) is 10.8. The first kappa shape index (κ1) is 44.0. The van der Waals surface area contributed by atoms with Crippen LogP contribution in [0.15, 0.2) is 158 Å². The van der Waals surface area contributed by atoms with Crippen molar-refractivity contribution in [3.05, 3.63) is 169 Å². The van der Waals surface area contributed by atoms with Gasteiger partial charge in [-0.25, -0.2) is 0 Å². The fraction of sp³-hybridized carbons (Fsp3) is 0.245. The third kappa shape index (κ3) is 9.62. The summed E-state index contributed by atoms with van der Waals surface area (Å²) in [4.78, 5) is 0. The van der Waals surface area contributed by atoms with Gasteiger partial charge in [0.05, 0.1) is 0 Å². The number of benzene rings is 8. The first-order valence-corrected chi connectivity index (χ1v) is 20.3. The van der Waals surface area contributed by atoms with Gasteiger partial charge in [-0.2, -0.15) is 0 Å². The topological polar surface area (TPSA) is 0 Å². The fourth-order valence-electron chi connectivity index (χ4n) is 6.83. The molecule has 0 heteroatoms. The second-order valence-electron chi connectivity index (χ2n) is 10.8. The number of fused-ring (bicyclic) bond motifs is 4. The summed E-state index contributed by atoms with van der Waals surface area (Å²) in [5, 5.41) is 10.5.